The van der Waals surface area contributed by atoms with Crippen LogP contribution in [0.1, 0.15) is 34.6 Å². The highest BCUT2D eigenvalue weighted by Gasteiger charge is 2.40. The number of amides is 1. The number of hydrogen-bond acceptors (Lipinski definition) is 5. The Kier molecular flexibility index (Phi) is 3.12. The Morgan fingerprint density at radius 1 is 1.32 bits per heavy atom. The van der Waals surface area contributed by atoms with Gasteiger partial charge in [-0.05, 0) is 27.7 Å². The van der Waals surface area contributed by atoms with E-state index in [1.54, 1.807) is 19.4 Å². The highest BCUT2D eigenvalue weighted by atomic mass is 16.2. The molecule has 1 saturated heterocycles. The minimum absolute atomic E-state index is 0.104. The molecular weight excluding hydrogens is 280 g/mol. The number of rotatable bonds is 2. The Morgan fingerprint density at radius 2 is 2.00 bits per heavy atom. The number of hydrogen-bond donors (Lipinski definition) is 1. The van der Waals surface area contributed by atoms with E-state index in [4.69, 9.17) is 0 Å². The van der Waals surface area contributed by atoms with Crippen LogP contribution in [-0.4, -0.2) is 49.2 Å². The second-order valence-electron chi connectivity index (χ2n) is 7.25. The molecule has 1 amide bonds. The van der Waals surface area contributed by atoms with Crippen LogP contribution in [0.3, 0.4) is 0 Å². The fraction of sp³-hybridized carbons (Fsp3) is 0.600. The molecule has 0 aliphatic carbocycles. The number of aromatic nitrogens is 4. The summed E-state index contributed by atoms with van der Waals surface area (Å²) in [5.41, 5.74) is 0.520. The van der Waals surface area contributed by atoms with E-state index in [1.165, 1.54) is 0 Å². The lowest BCUT2D eigenvalue weighted by Crippen LogP contribution is -2.65. The van der Waals surface area contributed by atoms with Crippen LogP contribution in [0.15, 0.2) is 12.5 Å². The molecule has 0 bridgehead atoms. The number of anilines is 1. The summed E-state index contributed by atoms with van der Waals surface area (Å²) in [4.78, 5) is 21.9. The molecule has 3 rings (SSSR count). The van der Waals surface area contributed by atoms with E-state index in [9.17, 15) is 4.79 Å². The maximum Gasteiger partial charge on any atom is 0.219 e. The number of carbonyl (C=O) groups excluding carboxylic acids is 1. The monoisotopic (exact) mass is 302 g/mol. The molecule has 0 spiro atoms. The largest absolute Gasteiger partial charge is 0.361 e. The lowest BCUT2D eigenvalue weighted by Gasteiger charge is -2.48. The van der Waals surface area contributed by atoms with Crippen molar-refractivity contribution in [2.45, 2.75) is 45.7 Å². The van der Waals surface area contributed by atoms with E-state index in [1.807, 2.05) is 9.58 Å². The molecule has 7 heteroatoms. The number of carbonyl (C=O) groups is 1. The number of nitrogens with one attached hydrogen (secondary N) is 1. The first-order valence-corrected chi connectivity index (χ1v) is 7.42. The molecule has 0 saturated carbocycles. The Balaban J connectivity index is 1.90. The van der Waals surface area contributed by atoms with Crippen molar-refractivity contribution in [1.29, 1.82) is 0 Å². The number of nitrogens with zero attached hydrogens (tertiary/aromatic N) is 5. The molecule has 0 radical (unpaired) electrons. The summed E-state index contributed by atoms with van der Waals surface area (Å²) in [6, 6.07) is 0. The van der Waals surface area contributed by atoms with Crippen molar-refractivity contribution in [2.24, 2.45) is 0 Å². The molecule has 2 aromatic heterocycles. The topological polar surface area (TPSA) is 75.9 Å². The third-order valence-corrected chi connectivity index (χ3v) is 3.95. The summed E-state index contributed by atoms with van der Waals surface area (Å²) in [5.74, 6) is 0.874. The zero-order chi connectivity index (χ0) is 16.1. The molecule has 1 aliphatic rings. The van der Waals surface area contributed by atoms with E-state index in [2.05, 4.69) is 48.1 Å². The summed E-state index contributed by atoms with van der Waals surface area (Å²) < 4.78 is 1.90. The van der Waals surface area contributed by atoms with Crippen LogP contribution in [0, 0.1) is 0 Å². The summed E-state index contributed by atoms with van der Waals surface area (Å²) in [5, 5.41) is 8.81. The van der Waals surface area contributed by atoms with Crippen LogP contribution in [0.2, 0.25) is 0 Å². The van der Waals surface area contributed by atoms with Crippen LogP contribution >= 0.6 is 0 Å². The molecule has 0 aromatic carbocycles. The second-order valence-corrected chi connectivity index (χ2v) is 7.25. The van der Waals surface area contributed by atoms with Crippen LogP contribution in [0.25, 0.3) is 11.0 Å². The summed E-state index contributed by atoms with van der Waals surface area (Å²) in [6.45, 7) is 11.3. The summed E-state index contributed by atoms with van der Waals surface area (Å²) in [6.07, 6.45) is 3.35. The molecule has 0 atom stereocenters. The molecule has 7 nitrogen and oxygen atoms in total. The number of fused-ring (bicyclic) bond motifs is 1. The second kappa shape index (κ2) is 4.66. The lowest BCUT2D eigenvalue weighted by molar-refractivity contribution is -0.135. The van der Waals surface area contributed by atoms with E-state index < -0.39 is 0 Å². The maximum atomic E-state index is 11.4. The summed E-state index contributed by atoms with van der Waals surface area (Å²) >= 11 is 0. The van der Waals surface area contributed by atoms with Crippen LogP contribution in [0.4, 0.5) is 5.82 Å². The van der Waals surface area contributed by atoms with Gasteiger partial charge in [-0.15, -0.1) is 0 Å². The first-order chi connectivity index (χ1) is 10.2. The Bertz CT molecular complexity index is 723. The van der Waals surface area contributed by atoms with Gasteiger partial charge >= 0.3 is 0 Å². The zero-order valence-electron chi connectivity index (χ0n) is 13.7. The van der Waals surface area contributed by atoms with Crippen LogP contribution in [0.5, 0.6) is 0 Å². The molecule has 0 unspecified atom stereocenters. The molecule has 22 heavy (non-hydrogen) atoms. The van der Waals surface area contributed by atoms with Crippen molar-refractivity contribution >= 4 is 22.8 Å². The highest BCUT2D eigenvalue weighted by molar-refractivity contribution is 5.87. The van der Waals surface area contributed by atoms with Crippen molar-refractivity contribution in [1.82, 2.24) is 24.6 Å². The Morgan fingerprint density at radius 3 is 2.59 bits per heavy atom. The van der Waals surface area contributed by atoms with Crippen molar-refractivity contribution in [3.05, 3.63) is 12.5 Å². The molecule has 3 heterocycles. The van der Waals surface area contributed by atoms with E-state index in [-0.39, 0.29) is 17.0 Å². The van der Waals surface area contributed by atoms with Crippen molar-refractivity contribution in [3.63, 3.8) is 0 Å². The minimum Gasteiger partial charge on any atom is -0.361 e. The Hall–Kier alpha value is -2.18. The van der Waals surface area contributed by atoms with Gasteiger partial charge in [-0.2, -0.15) is 5.10 Å². The average Bonchev–Trinajstić information content (AvgIpc) is 2.80. The summed E-state index contributed by atoms with van der Waals surface area (Å²) in [7, 11) is 0. The van der Waals surface area contributed by atoms with Gasteiger partial charge in [0.1, 0.15) is 12.1 Å². The zero-order valence-corrected chi connectivity index (χ0v) is 13.7. The molecule has 1 fully saturated rings. The first kappa shape index (κ1) is 14.7. The van der Waals surface area contributed by atoms with Crippen LogP contribution < -0.4 is 5.32 Å². The predicted molar refractivity (Wildman–Crippen MR) is 84.6 cm³/mol. The molecule has 1 N–H and O–H groups in total. The standard InChI is InChI=1S/C15H22N6O/c1-10(22)20-7-15(5,8-20)19-12-11-6-18-21(14(2,3)4)13(11)17-9-16-12/h6,9H,7-8H2,1-5H3,(H,16,17,19). The van der Waals surface area contributed by atoms with Gasteiger partial charge in [0.2, 0.25) is 5.91 Å². The van der Waals surface area contributed by atoms with Gasteiger partial charge < -0.3 is 10.2 Å². The van der Waals surface area contributed by atoms with E-state index in [0.717, 1.165) is 16.9 Å². The molecule has 2 aromatic rings. The minimum atomic E-state index is -0.156. The molecule has 118 valence electrons. The maximum absolute atomic E-state index is 11.4. The van der Waals surface area contributed by atoms with Gasteiger partial charge in [-0.3, -0.25) is 4.79 Å². The van der Waals surface area contributed by atoms with Crippen molar-refractivity contribution in [2.75, 3.05) is 18.4 Å². The molecular formula is C15H22N6O. The van der Waals surface area contributed by atoms with Gasteiger partial charge in [0.25, 0.3) is 0 Å². The normalized spacial score (nSPS) is 17.4. The van der Waals surface area contributed by atoms with E-state index >= 15 is 0 Å². The first-order valence-electron chi connectivity index (χ1n) is 7.42. The average molecular weight is 302 g/mol. The quantitative estimate of drug-likeness (QED) is 0.912. The van der Waals surface area contributed by atoms with E-state index in [0.29, 0.717) is 13.1 Å². The van der Waals surface area contributed by atoms with Gasteiger partial charge in [0.05, 0.1) is 22.7 Å². The van der Waals surface area contributed by atoms with Crippen LogP contribution in [-0.2, 0) is 10.3 Å². The smallest absolute Gasteiger partial charge is 0.219 e. The fourth-order valence-electron chi connectivity index (χ4n) is 2.82. The number of likely N-dealkylation sites (tertiary alicyclic amines) is 1. The molecule has 1 aliphatic heterocycles. The third-order valence-electron chi connectivity index (χ3n) is 3.95. The Labute approximate surface area is 129 Å². The van der Waals surface area contributed by atoms with Crippen molar-refractivity contribution in [3.8, 4) is 0 Å². The van der Waals surface area contributed by atoms with Gasteiger partial charge in [0, 0.05) is 20.0 Å². The van der Waals surface area contributed by atoms with Gasteiger partial charge in [-0.25, -0.2) is 14.6 Å². The van der Waals surface area contributed by atoms with Gasteiger partial charge in [0.15, 0.2) is 5.65 Å². The fourth-order valence-corrected chi connectivity index (χ4v) is 2.82. The van der Waals surface area contributed by atoms with Gasteiger partial charge in [-0.1, -0.05) is 0 Å². The predicted octanol–water partition coefficient (Wildman–Crippen LogP) is 1.61. The van der Waals surface area contributed by atoms with Crippen molar-refractivity contribution < 1.29 is 4.79 Å². The highest BCUT2D eigenvalue weighted by Crippen LogP contribution is 2.29. The SMILES string of the molecule is CC(=O)N1CC(C)(Nc2ncnc3c2cnn3C(C)(C)C)C1. The lowest BCUT2D eigenvalue weighted by atomic mass is 9.92. The third kappa shape index (κ3) is 2.40.